The zero-order valence-corrected chi connectivity index (χ0v) is 12.4. The number of aliphatic hydroxyl groups is 1. The Balaban J connectivity index is 1.52. The summed E-state index contributed by atoms with van der Waals surface area (Å²) in [6, 6.07) is 9.59. The molecule has 1 aromatic rings. The Bertz CT molecular complexity index is 475. The van der Waals surface area contributed by atoms with Gasteiger partial charge in [-0.15, -0.1) is 0 Å². The number of hydrogen-bond donors (Lipinski definition) is 2. The maximum absolute atomic E-state index is 12.4. The zero-order valence-electron chi connectivity index (χ0n) is 12.4. The van der Waals surface area contributed by atoms with Crippen molar-refractivity contribution >= 4 is 5.78 Å². The summed E-state index contributed by atoms with van der Waals surface area (Å²) in [5.41, 5.74) is 0.255. The molecule has 1 aromatic carbocycles. The summed E-state index contributed by atoms with van der Waals surface area (Å²) in [6.45, 7) is 4.14. The Morgan fingerprint density at radius 2 is 2.00 bits per heavy atom. The number of hydrogen-bond acceptors (Lipinski definition) is 4. The highest BCUT2D eigenvalue weighted by molar-refractivity contribution is 5.97. The number of likely N-dealkylation sites (tertiary alicyclic amines) is 1. The van der Waals surface area contributed by atoms with Gasteiger partial charge in [0.2, 0.25) is 0 Å². The molecule has 0 radical (unpaired) electrons. The number of rotatable bonds is 4. The van der Waals surface area contributed by atoms with Gasteiger partial charge in [-0.05, 0) is 38.9 Å². The van der Waals surface area contributed by atoms with E-state index in [0.717, 1.165) is 51.0 Å². The van der Waals surface area contributed by atoms with Gasteiger partial charge in [-0.3, -0.25) is 4.79 Å². The Labute approximate surface area is 126 Å². The van der Waals surface area contributed by atoms with Gasteiger partial charge in [0.05, 0.1) is 5.60 Å². The quantitative estimate of drug-likeness (QED) is 0.820. The van der Waals surface area contributed by atoms with Crippen LogP contribution in [0.5, 0.6) is 0 Å². The van der Waals surface area contributed by atoms with Gasteiger partial charge in [-0.2, -0.15) is 0 Å². The zero-order chi connectivity index (χ0) is 14.7. The first-order valence-electron chi connectivity index (χ1n) is 7.91. The van der Waals surface area contributed by atoms with Crippen LogP contribution in [0.3, 0.4) is 0 Å². The van der Waals surface area contributed by atoms with Crippen molar-refractivity contribution in [2.45, 2.75) is 24.9 Å². The number of nitrogens with zero attached hydrogens (tertiary/aromatic N) is 1. The van der Waals surface area contributed by atoms with Gasteiger partial charge < -0.3 is 15.3 Å². The minimum atomic E-state index is -0.573. The van der Waals surface area contributed by atoms with E-state index in [9.17, 15) is 9.90 Å². The second kappa shape index (κ2) is 6.26. The monoisotopic (exact) mass is 288 g/mol. The highest BCUT2D eigenvalue weighted by Gasteiger charge is 2.35. The van der Waals surface area contributed by atoms with Crippen molar-refractivity contribution in [2.24, 2.45) is 5.92 Å². The predicted octanol–water partition coefficient (Wildman–Crippen LogP) is 1.31. The third-order valence-electron chi connectivity index (χ3n) is 4.76. The van der Waals surface area contributed by atoms with Crippen LogP contribution < -0.4 is 5.32 Å². The van der Waals surface area contributed by atoms with Crippen LogP contribution in [-0.4, -0.2) is 54.1 Å². The number of carbonyl (C=O) groups excluding carboxylic acids is 1. The molecule has 2 N–H and O–H groups in total. The van der Waals surface area contributed by atoms with E-state index < -0.39 is 5.60 Å². The third kappa shape index (κ3) is 3.51. The van der Waals surface area contributed by atoms with E-state index in [4.69, 9.17) is 0 Å². The highest BCUT2D eigenvalue weighted by atomic mass is 16.3. The van der Waals surface area contributed by atoms with Crippen molar-refractivity contribution in [2.75, 3.05) is 32.7 Å². The molecule has 4 nitrogen and oxygen atoms in total. The molecule has 0 amide bonds. The van der Waals surface area contributed by atoms with Gasteiger partial charge in [0.1, 0.15) is 0 Å². The van der Waals surface area contributed by atoms with Crippen molar-refractivity contribution < 1.29 is 9.90 Å². The maximum atomic E-state index is 12.4. The highest BCUT2D eigenvalue weighted by Crippen LogP contribution is 2.24. The van der Waals surface area contributed by atoms with Gasteiger partial charge >= 0.3 is 0 Å². The third-order valence-corrected chi connectivity index (χ3v) is 4.76. The second-order valence-corrected chi connectivity index (χ2v) is 6.43. The summed E-state index contributed by atoms with van der Waals surface area (Å²) in [5.74, 6) is 0.413. The van der Waals surface area contributed by atoms with Crippen LogP contribution in [0.4, 0.5) is 0 Å². The molecule has 2 aliphatic heterocycles. The van der Waals surface area contributed by atoms with E-state index in [0.29, 0.717) is 6.54 Å². The number of nitrogens with one attached hydrogen (secondary N) is 1. The van der Waals surface area contributed by atoms with Crippen LogP contribution in [0.2, 0.25) is 0 Å². The van der Waals surface area contributed by atoms with Gasteiger partial charge in [0.25, 0.3) is 0 Å². The largest absolute Gasteiger partial charge is 0.387 e. The van der Waals surface area contributed by atoms with Gasteiger partial charge in [-0.1, -0.05) is 30.3 Å². The molecule has 2 saturated heterocycles. The molecule has 4 heteroatoms. The van der Waals surface area contributed by atoms with Crippen molar-refractivity contribution in [1.29, 1.82) is 0 Å². The average molecular weight is 288 g/mol. The fourth-order valence-corrected chi connectivity index (χ4v) is 3.47. The van der Waals surface area contributed by atoms with Crippen molar-refractivity contribution in [1.82, 2.24) is 10.2 Å². The Kier molecular flexibility index (Phi) is 4.38. The van der Waals surface area contributed by atoms with Crippen molar-refractivity contribution in [3.8, 4) is 0 Å². The summed E-state index contributed by atoms with van der Waals surface area (Å²) in [5, 5.41) is 13.6. The summed E-state index contributed by atoms with van der Waals surface area (Å²) in [7, 11) is 0. The molecule has 0 saturated carbocycles. The number of piperidine rings is 1. The predicted molar refractivity (Wildman–Crippen MR) is 82.4 cm³/mol. The molecule has 2 aliphatic rings. The molecule has 0 aliphatic carbocycles. The summed E-state index contributed by atoms with van der Waals surface area (Å²) in [6.07, 6.45) is 2.63. The number of Topliss-reactive ketones (excluding diaryl/α,β-unsaturated/α-hetero) is 1. The lowest BCUT2D eigenvalue weighted by atomic mass is 9.88. The summed E-state index contributed by atoms with van der Waals surface area (Å²) in [4.78, 5) is 14.7. The molecule has 3 rings (SSSR count). The van der Waals surface area contributed by atoms with Gasteiger partial charge in [0.15, 0.2) is 5.78 Å². The van der Waals surface area contributed by atoms with Crippen LogP contribution in [0.25, 0.3) is 0 Å². The molecule has 0 spiro atoms. The van der Waals surface area contributed by atoms with E-state index in [2.05, 4.69) is 10.2 Å². The van der Waals surface area contributed by atoms with E-state index in [1.165, 1.54) is 0 Å². The topological polar surface area (TPSA) is 52.6 Å². The van der Waals surface area contributed by atoms with Gasteiger partial charge in [0, 0.05) is 24.6 Å². The SMILES string of the molecule is O=C(c1ccccc1)C1CCN(CC2(O)CCNC2)CC1. The first-order valence-corrected chi connectivity index (χ1v) is 7.91. The van der Waals surface area contributed by atoms with E-state index in [1.807, 2.05) is 30.3 Å². The lowest BCUT2D eigenvalue weighted by Gasteiger charge is -2.35. The van der Waals surface area contributed by atoms with E-state index in [1.54, 1.807) is 0 Å². The molecule has 0 aromatic heterocycles. The average Bonchev–Trinajstić information content (AvgIpc) is 2.94. The minimum Gasteiger partial charge on any atom is -0.387 e. The number of ketones is 1. The van der Waals surface area contributed by atoms with Crippen LogP contribution in [-0.2, 0) is 0 Å². The molecule has 0 bridgehead atoms. The molecule has 21 heavy (non-hydrogen) atoms. The standard InChI is InChI=1S/C17H24N2O2/c20-16(14-4-2-1-3-5-14)15-6-10-19(11-7-15)13-17(21)8-9-18-12-17/h1-5,15,18,21H,6-13H2. The number of carbonyl (C=O) groups is 1. The van der Waals surface area contributed by atoms with Crippen LogP contribution in [0.1, 0.15) is 29.6 Å². The number of benzene rings is 1. The lowest BCUT2D eigenvalue weighted by Crippen LogP contribution is -2.47. The molecule has 1 atom stereocenters. The summed E-state index contributed by atoms with van der Waals surface area (Å²) < 4.78 is 0. The molecule has 1 unspecified atom stereocenters. The smallest absolute Gasteiger partial charge is 0.166 e. The Hall–Kier alpha value is -1.23. The lowest BCUT2D eigenvalue weighted by molar-refractivity contribution is 0.0112. The molecular weight excluding hydrogens is 264 g/mol. The fourth-order valence-electron chi connectivity index (χ4n) is 3.47. The first-order chi connectivity index (χ1) is 10.2. The van der Waals surface area contributed by atoms with Crippen LogP contribution in [0.15, 0.2) is 30.3 Å². The van der Waals surface area contributed by atoms with Gasteiger partial charge in [-0.25, -0.2) is 0 Å². The van der Waals surface area contributed by atoms with Crippen molar-refractivity contribution in [3.05, 3.63) is 35.9 Å². The summed E-state index contributed by atoms with van der Waals surface area (Å²) >= 11 is 0. The second-order valence-electron chi connectivity index (χ2n) is 6.43. The molecular formula is C17H24N2O2. The van der Waals surface area contributed by atoms with Crippen LogP contribution in [0, 0.1) is 5.92 Å². The number of β-amino-alcohol motifs (C(OH)–C–C–N with tert-alkyl or cyclic N) is 1. The van der Waals surface area contributed by atoms with E-state index >= 15 is 0 Å². The maximum Gasteiger partial charge on any atom is 0.166 e. The normalized spacial score (nSPS) is 27.9. The molecule has 114 valence electrons. The Morgan fingerprint density at radius 1 is 1.29 bits per heavy atom. The first kappa shape index (κ1) is 14.7. The Morgan fingerprint density at radius 3 is 2.62 bits per heavy atom. The molecule has 2 heterocycles. The van der Waals surface area contributed by atoms with Crippen molar-refractivity contribution in [3.63, 3.8) is 0 Å². The molecule has 2 fully saturated rings. The van der Waals surface area contributed by atoms with Crippen LogP contribution >= 0.6 is 0 Å². The fraction of sp³-hybridized carbons (Fsp3) is 0.588. The van der Waals surface area contributed by atoms with E-state index in [-0.39, 0.29) is 11.7 Å². The minimum absolute atomic E-state index is 0.139.